The number of carbonyl (C=O) groups excluding carboxylic acids is 2. The van der Waals surface area contributed by atoms with E-state index in [4.69, 9.17) is 0 Å². The number of amides is 2. The summed E-state index contributed by atoms with van der Waals surface area (Å²) in [6.07, 6.45) is -2.93. The average molecular weight is 470 g/mol. The number of nitrogens with one attached hydrogen (secondary N) is 1. The standard InChI is InChI=1S/C24H21F3N4O3/c1-13-11-18-21(30(3)22(13)33)17-5-4-10-28-20(17)14(2)23(34)31(18)12-19(32)29-16-8-6-15(7-9-16)24(25,26)27/h4-11,14H,12H2,1-3H3,(H,29,32). The Morgan fingerprint density at radius 1 is 1.15 bits per heavy atom. The molecule has 4 rings (SSSR count). The largest absolute Gasteiger partial charge is 0.416 e. The van der Waals surface area contributed by atoms with Crippen molar-refractivity contribution in [3.05, 3.63) is 75.8 Å². The third-order valence-electron chi connectivity index (χ3n) is 5.80. The molecule has 3 aromatic rings. The molecule has 1 atom stereocenters. The molecule has 2 aromatic heterocycles. The smallest absolute Gasteiger partial charge is 0.325 e. The van der Waals surface area contributed by atoms with Gasteiger partial charge in [-0.3, -0.25) is 19.4 Å². The summed E-state index contributed by atoms with van der Waals surface area (Å²) in [5.41, 5.74) is 1.41. The number of halogens is 3. The van der Waals surface area contributed by atoms with Crippen LogP contribution in [0, 0.1) is 6.92 Å². The molecule has 0 saturated heterocycles. The molecule has 1 unspecified atom stereocenters. The van der Waals surface area contributed by atoms with E-state index in [2.05, 4.69) is 10.3 Å². The Labute approximate surface area is 192 Å². The van der Waals surface area contributed by atoms with Crippen LogP contribution in [0.4, 0.5) is 24.5 Å². The maximum absolute atomic E-state index is 13.4. The summed E-state index contributed by atoms with van der Waals surface area (Å²) < 4.78 is 39.8. The molecule has 3 heterocycles. The van der Waals surface area contributed by atoms with Crippen molar-refractivity contribution in [1.29, 1.82) is 0 Å². The molecular formula is C24H21F3N4O3. The van der Waals surface area contributed by atoms with Gasteiger partial charge in [0.15, 0.2) is 0 Å². The Morgan fingerprint density at radius 3 is 2.47 bits per heavy atom. The molecule has 34 heavy (non-hydrogen) atoms. The van der Waals surface area contributed by atoms with Gasteiger partial charge in [0.05, 0.1) is 28.6 Å². The van der Waals surface area contributed by atoms with Crippen LogP contribution >= 0.6 is 0 Å². The summed E-state index contributed by atoms with van der Waals surface area (Å²) in [4.78, 5) is 44.6. The van der Waals surface area contributed by atoms with Crippen molar-refractivity contribution in [2.24, 2.45) is 7.05 Å². The zero-order valence-corrected chi connectivity index (χ0v) is 18.6. The number of rotatable bonds is 3. The van der Waals surface area contributed by atoms with Gasteiger partial charge >= 0.3 is 6.18 Å². The lowest BCUT2D eigenvalue weighted by atomic mass is 10.00. The van der Waals surface area contributed by atoms with E-state index < -0.39 is 30.1 Å². The molecule has 1 N–H and O–H groups in total. The van der Waals surface area contributed by atoms with E-state index in [0.717, 1.165) is 24.3 Å². The minimum absolute atomic E-state index is 0.162. The number of hydrogen-bond acceptors (Lipinski definition) is 4. The molecule has 1 aliphatic rings. The van der Waals surface area contributed by atoms with Crippen LogP contribution in [0.2, 0.25) is 0 Å². The first-order chi connectivity index (χ1) is 16.0. The predicted molar refractivity (Wildman–Crippen MR) is 120 cm³/mol. The van der Waals surface area contributed by atoms with Crippen molar-refractivity contribution in [1.82, 2.24) is 9.55 Å². The molecule has 1 aliphatic heterocycles. The highest BCUT2D eigenvalue weighted by atomic mass is 19.4. The quantitative estimate of drug-likeness (QED) is 0.630. The van der Waals surface area contributed by atoms with Crippen LogP contribution in [0.5, 0.6) is 0 Å². The van der Waals surface area contributed by atoms with Gasteiger partial charge in [-0.25, -0.2) is 0 Å². The van der Waals surface area contributed by atoms with Crippen LogP contribution in [0.1, 0.15) is 29.7 Å². The van der Waals surface area contributed by atoms with Gasteiger partial charge in [-0.1, -0.05) is 0 Å². The molecule has 0 spiro atoms. The molecule has 10 heteroatoms. The van der Waals surface area contributed by atoms with Gasteiger partial charge < -0.3 is 14.8 Å². The van der Waals surface area contributed by atoms with Crippen molar-refractivity contribution in [3.8, 4) is 11.3 Å². The van der Waals surface area contributed by atoms with Gasteiger partial charge in [0.25, 0.3) is 5.56 Å². The summed E-state index contributed by atoms with van der Waals surface area (Å²) in [6, 6.07) is 9.07. The number of aryl methyl sites for hydroxylation is 1. The third-order valence-corrected chi connectivity index (χ3v) is 5.80. The number of nitrogens with zero attached hydrogens (tertiary/aromatic N) is 3. The van der Waals surface area contributed by atoms with Gasteiger partial charge in [0, 0.05) is 30.1 Å². The summed E-state index contributed by atoms with van der Waals surface area (Å²) in [5, 5.41) is 2.53. The minimum Gasteiger partial charge on any atom is -0.325 e. The summed E-state index contributed by atoms with van der Waals surface area (Å²) >= 11 is 0. The van der Waals surface area contributed by atoms with Gasteiger partial charge in [-0.2, -0.15) is 13.2 Å². The van der Waals surface area contributed by atoms with Crippen LogP contribution in [0.25, 0.3) is 11.3 Å². The molecule has 2 amide bonds. The Balaban J connectivity index is 1.72. The number of aromatic nitrogens is 2. The van der Waals surface area contributed by atoms with Crippen molar-refractivity contribution in [3.63, 3.8) is 0 Å². The molecule has 176 valence electrons. The molecule has 0 fully saturated rings. The molecule has 0 bridgehead atoms. The maximum atomic E-state index is 13.4. The van der Waals surface area contributed by atoms with E-state index in [-0.39, 0.29) is 17.2 Å². The lowest BCUT2D eigenvalue weighted by molar-refractivity contribution is -0.137. The van der Waals surface area contributed by atoms with E-state index in [1.165, 1.54) is 9.47 Å². The molecule has 0 saturated carbocycles. The van der Waals surface area contributed by atoms with Crippen LogP contribution in [-0.2, 0) is 22.8 Å². The van der Waals surface area contributed by atoms with Crippen molar-refractivity contribution in [2.45, 2.75) is 25.9 Å². The fraction of sp³-hybridized carbons (Fsp3) is 0.250. The summed E-state index contributed by atoms with van der Waals surface area (Å²) in [5.74, 6) is -1.69. The molecule has 7 nitrogen and oxygen atoms in total. The zero-order chi connectivity index (χ0) is 24.8. The van der Waals surface area contributed by atoms with Gasteiger partial charge in [-0.05, 0) is 56.3 Å². The second-order valence-electron chi connectivity index (χ2n) is 8.13. The second-order valence-corrected chi connectivity index (χ2v) is 8.13. The van der Waals surface area contributed by atoms with Gasteiger partial charge in [0.2, 0.25) is 11.8 Å². The molecule has 1 aromatic carbocycles. The lowest BCUT2D eigenvalue weighted by Gasteiger charge is -2.25. The number of alkyl halides is 3. The van der Waals surface area contributed by atoms with E-state index in [1.54, 1.807) is 45.3 Å². The second kappa shape index (κ2) is 8.44. The monoisotopic (exact) mass is 470 g/mol. The SMILES string of the molecule is Cc1cc2c(n(C)c1=O)-c1cccnc1C(C)C(=O)N2CC(=O)Nc1ccc(C(F)(F)F)cc1. The van der Waals surface area contributed by atoms with Crippen LogP contribution in [0.15, 0.2) is 53.5 Å². The molecule has 0 radical (unpaired) electrons. The van der Waals surface area contributed by atoms with Crippen LogP contribution in [-0.4, -0.2) is 27.9 Å². The summed E-state index contributed by atoms with van der Waals surface area (Å²) in [6.45, 7) is 2.89. The van der Waals surface area contributed by atoms with Gasteiger partial charge in [-0.15, -0.1) is 0 Å². The number of benzene rings is 1. The highest BCUT2D eigenvalue weighted by molar-refractivity contribution is 6.08. The highest BCUT2D eigenvalue weighted by Crippen LogP contribution is 2.39. The Bertz CT molecular complexity index is 1350. The number of fused-ring (bicyclic) bond motifs is 3. The van der Waals surface area contributed by atoms with Crippen molar-refractivity contribution >= 4 is 23.2 Å². The first kappa shape index (κ1) is 23.2. The molecule has 0 aliphatic carbocycles. The maximum Gasteiger partial charge on any atom is 0.416 e. The first-order valence-electron chi connectivity index (χ1n) is 10.4. The average Bonchev–Trinajstić information content (AvgIpc) is 2.87. The van der Waals surface area contributed by atoms with E-state index in [0.29, 0.717) is 28.2 Å². The lowest BCUT2D eigenvalue weighted by Crippen LogP contribution is -2.40. The topological polar surface area (TPSA) is 84.3 Å². The normalized spacial score (nSPS) is 15.4. The Hall–Kier alpha value is -3.95. The van der Waals surface area contributed by atoms with E-state index in [9.17, 15) is 27.6 Å². The Morgan fingerprint density at radius 2 is 1.82 bits per heavy atom. The molecular weight excluding hydrogens is 449 g/mol. The third kappa shape index (κ3) is 4.07. The number of pyridine rings is 2. The van der Waals surface area contributed by atoms with Gasteiger partial charge in [0.1, 0.15) is 6.54 Å². The van der Waals surface area contributed by atoms with E-state index >= 15 is 0 Å². The fourth-order valence-corrected chi connectivity index (χ4v) is 4.08. The van der Waals surface area contributed by atoms with Crippen LogP contribution < -0.4 is 15.8 Å². The number of carbonyl (C=O) groups is 2. The highest BCUT2D eigenvalue weighted by Gasteiger charge is 2.35. The predicted octanol–water partition coefficient (Wildman–Crippen LogP) is 3.86. The van der Waals surface area contributed by atoms with Crippen LogP contribution in [0.3, 0.4) is 0 Å². The summed E-state index contributed by atoms with van der Waals surface area (Å²) in [7, 11) is 1.59. The fourth-order valence-electron chi connectivity index (χ4n) is 4.08. The van der Waals surface area contributed by atoms with Crippen molar-refractivity contribution < 1.29 is 22.8 Å². The Kier molecular flexibility index (Phi) is 5.76. The zero-order valence-electron chi connectivity index (χ0n) is 18.6. The minimum atomic E-state index is -4.49. The number of anilines is 2. The van der Waals surface area contributed by atoms with Crippen molar-refractivity contribution in [2.75, 3.05) is 16.8 Å². The first-order valence-corrected chi connectivity index (χ1v) is 10.4. The van der Waals surface area contributed by atoms with E-state index in [1.807, 2.05) is 0 Å². The number of hydrogen-bond donors (Lipinski definition) is 1.